The van der Waals surface area contributed by atoms with E-state index < -0.39 is 5.54 Å². The molecule has 0 aromatic carbocycles. The quantitative estimate of drug-likeness (QED) is 0.611. The molecule has 2 aliphatic heterocycles. The van der Waals surface area contributed by atoms with Crippen molar-refractivity contribution in [2.75, 3.05) is 46.5 Å². The van der Waals surface area contributed by atoms with Gasteiger partial charge in [-0.2, -0.15) is 0 Å². The predicted octanol–water partition coefficient (Wildman–Crippen LogP) is -0.776. The molecule has 86 valence electrons. The Morgan fingerprint density at radius 1 is 1.47 bits per heavy atom. The molecule has 2 heterocycles. The zero-order chi connectivity index (χ0) is 10.7. The molecule has 2 fully saturated rings. The van der Waals surface area contributed by atoms with Gasteiger partial charge < -0.3 is 14.8 Å². The number of ether oxygens (including phenoxy) is 2. The minimum atomic E-state index is -0.517. The summed E-state index contributed by atoms with van der Waals surface area (Å²) in [6, 6.07) is 0. The number of nitrogens with one attached hydrogen (secondary N) is 1. The molecule has 0 aliphatic carbocycles. The maximum Gasteiger partial charge on any atom is 0.328 e. The Balaban J connectivity index is 2.13. The molecule has 0 aromatic rings. The Kier molecular flexibility index (Phi) is 3.23. The van der Waals surface area contributed by atoms with Crippen LogP contribution in [0.4, 0.5) is 0 Å². The van der Waals surface area contributed by atoms with Gasteiger partial charge in [-0.1, -0.05) is 0 Å². The molecule has 0 spiro atoms. The Hall–Kier alpha value is -0.650. The summed E-state index contributed by atoms with van der Waals surface area (Å²) in [5.74, 6) is -0.151. The SMILES string of the molecule is COC(=O)[C@@]1(N2CCNCC2)CCOC1. The summed E-state index contributed by atoms with van der Waals surface area (Å²) in [5, 5.41) is 3.28. The maximum atomic E-state index is 11.9. The number of hydrogen-bond acceptors (Lipinski definition) is 5. The van der Waals surface area contributed by atoms with Crippen LogP contribution in [0.2, 0.25) is 0 Å². The first-order valence-corrected chi connectivity index (χ1v) is 5.41. The molecule has 0 saturated carbocycles. The average Bonchev–Trinajstić information content (AvgIpc) is 2.79. The highest BCUT2D eigenvalue weighted by Gasteiger charge is 2.48. The van der Waals surface area contributed by atoms with Crippen LogP contribution < -0.4 is 5.32 Å². The van der Waals surface area contributed by atoms with Gasteiger partial charge in [0.05, 0.1) is 13.7 Å². The molecule has 15 heavy (non-hydrogen) atoms. The van der Waals surface area contributed by atoms with Crippen molar-refractivity contribution in [3.05, 3.63) is 0 Å². The molecule has 2 rings (SSSR count). The van der Waals surface area contributed by atoms with E-state index in [4.69, 9.17) is 9.47 Å². The van der Waals surface area contributed by atoms with Gasteiger partial charge in [0.15, 0.2) is 0 Å². The van der Waals surface area contributed by atoms with Gasteiger partial charge >= 0.3 is 5.97 Å². The van der Waals surface area contributed by atoms with E-state index in [0.29, 0.717) is 13.2 Å². The summed E-state index contributed by atoms with van der Waals surface area (Å²) in [5.41, 5.74) is -0.517. The lowest BCUT2D eigenvalue weighted by atomic mass is 9.95. The van der Waals surface area contributed by atoms with E-state index in [0.717, 1.165) is 32.6 Å². The van der Waals surface area contributed by atoms with Gasteiger partial charge in [-0.3, -0.25) is 4.90 Å². The monoisotopic (exact) mass is 214 g/mol. The Morgan fingerprint density at radius 2 is 2.20 bits per heavy atom. The van der Waals surface area contributed by atoms with Crippen LogP contribution in [0, 0.1) is 0 Å². The Labute approximate surface area is 89.7 Å². The van der Waals surface area contributed by atoms with Crippen LogP contribution in [0.25, 0.3) is 0 Å². The molecule has 1 N–H and O–H groups in total. The average molecular weight is 214 g/mol. The van der Waals surface area contributed by atoms with Crippen LogP contribution in [-0.4, -0.2) is 62.9 Å². The Bertz CT molecular complexity index is 233. The second kappa shape index (κ2) is 4.47. The molecule has 0 radical (unpaired) electrons. The third kappa shape index (κ3) is 1.87. The molecule has 2 aliphatic rings. The van der Waals surface area contributed by atoms with Gasteiger partial charge in [0.1, 0.15) is 5.54 Å². The molecule has 5 heteroatoms. The highest BCUT2D eigenvalue weighted by molar-refractivity contribution is 5.81. The highest BCUT2D eigenvalue weighted by atomic mass is 16.5. The lowest BCUT2D eigenvalue weighted by Gasteiger charge is -2.40. The van der Waals surface area contributed by atoms with Crippen LogP contribution in [0.1, 0.15) is 6.42 Å². The standard InChI is InChI=1S/C10H18N2O3/c1-14-9(13)10(2-7-15-8-10)12-5-3-11-4-6-12/h11H,2-8H2,1H3/t10-/m1/s1. The number of esters is 1. The lowest BCUT2D eigenvalue weighted by molar-refractivity contribution is -0.156. The first kappa shape index (κ1) is 10.9. The van der Waals surface area contributed by atoms with E-state index in [2.05, 4.69) is 10.2 Å². The number of hydrogen-bond donors (Lipinski definition) is 1. The molecular weight excluding hydrogens is 196 g/mol. The fourth-order valence-corrected chi connectivity index (χ4v) is 2.38. The number of carbonyl (C=O) groups excluding carboxylic acids is 1. The number of carbonyl (C=O) groups is 1. The minimum Gasteiger partial charge on any atom is -0.468 e. The molecule has 2 saturated heterocycles. The van der Waals surface area contributed by atoms with Crippen molar-refractivity contribution in [3.63, 3.8) is 0 Å². The smallest absolute Gasteiger partial charge is 0.328 e. The molecule has 0 amide bonds. The maximum absolute atomic E-state index is 11.9. The lowest BCUT2D eigenvalue weighted by Crippen LogP contribution is -2.61. The second-order valence-corrected chi connectivity index (χ2v) is 4.06. The van der Waals surface area contributed by atoms with Crippen molar-refractivity contribution in [1.82, 2.24) is 10.2 Å². The van der Waals surface area contributed by atoms with Crippen molar-refractivity contribution in [2.45, 2.75) is 12.0 Å². The molecule has 1 atom stereocenters. The van der Waals surface area contributed by atoms with Gasteiger partial charge in [-0.15, -0.1) is 0 Å². The normalized spacial score (nSPS) is 32.9. The first-order valence-electron chi connectivity index (χ1n) is 5.41. The van der Waals surface area contributed by atoms with E-state index in [-0.39, 0.29) is 5.97 Å². The summed E-state index contributed by atoms with van der Waals surface area (Å²) in [6.07, 6.45) is 0.750. The zero-order valence-electron chi connectivity index (χ0n) is 9.12. The van der Waals surface area contributed by atoms with E-state index >= 15 is 0 Å². The fourth-order valence-electron chi connectivity index (χ4n) is 2.38. The fraction of sp³-hybridized carbons (Fsp3) is 0.900. The van der Waals surface area contributed by atoms with E-state index in [1.54, 1.807) is 0 Å². The largest absolute Gasteiger partial charge is 0.468 e. The third-order valence-corrected chi connectivity index (χ3v) is 3.29. The van der Waals surface area contributed by atoms with Gasteiger partial charge in [0.25, 0.3) is 0 Å². The highest BCUT2D eigenvalue weighted by Crippen LogP contribution is 2.27. The first-order chi connectivity index (χ1) is 7.29. The number of methoxy groups -OCH3 is 1. The van der Waals surface area contributed by atoms with Crippen LogP contribution >= 0.6 is 0 Å². The molecular formula is C10H18N2O3. The molecule has 0 bridgehead atoms. The van der Waals surface area contributed by atoms with Gasteiger partial charge in [0.2, 0.25) is 0 Å². The number of rotatable bonds is 2. The van der Waals surface area contributed by atoms with Crippen LogP contribution in [0.3, 0.4) is 0 Å². The van der Waals surface area contributed by atoms with Crippen molar-refractivity contribution in [1.29, 1.82) is 0 Å². The van der Waals surface area contributed by atoms with Crippen LogP contribution in [0.15, 0.2) is 0 Å². The summed E-state index contributed by atoms with van der Waals surface area (Å²) in [6.45, 7) is 4.76. The Morgan fingerprint density at radius 3 is 2.73 bits per heavy atom. The minimum absolute atomic E-state index is 0.151. The zero-order valence-corrected chi connectivity index (χ0v) is 9.12. The molecule has 0 unspecified atom stereocenters. The molecule has 0 aromatic heterocycles. The van der Waals surface area contributed by atoms with Crippen molar-refractivity contribution in [3.8, 4) is 0 Å². The van der Waals surface area contributed by atoms with Crippen molar-refractivity contribution in [2.24, 2.45) is 0 Å². The summed E-state index contributed by atoms with van der Waals surface area (Å²) >= 11 is 0. The van der Waals surface area contributed by atoms with Gasteiger partial charge in [0, 0.05) is 39.2 Å². The topological polar surface area (TPSA) is 50.8 Å². The van der Waals surface area contributed by atoms with Gasteiger partial charge in [-0.25, -0.2) is 4.79 Å². The number of piperazine rings is 1. The summed E-state index contributed by atoms with van der Waals surface area (Å²) in [4.78, 5) is 14.1. The van der Waals surface area contributed by atoms with E-state index in [1.165, 1.54) is 7.11 Å². The molecule has 5 nitrogen and oxygen atoms in total. The predicted molar refractivity (Wildman–Crippen MR) is 54.6 cm³/mol. The van der Waals surface area contributed by atoms with Gasteiger partial charge in [-0.05, 0) is 0 Å². The number of nitrogens with zero attached hydrogens (tertiary/aromatic N) is 1. The van der Waals surface area contributed by atoms with E-state index in [9.17, 15) is 4.79 Å². The van der Waals surface area contributed by atoms with Crippen molar-refractivity contribution < 1.29 is 14.3 Å². The summed E-state index contributed by atoms with van der Waals surface area (Å²) < 4.78 is 10.3. The van der Waals surface area contributed by atoms with Crippen LogP contribution in [0.5, 0.6) is 0 Å². The van der Waals surface area contributed by atoms with Crippen molar-refractivity contribution >= 4 is 5.97 Å². The van der Waals surface area contributed by atoms with E-state index in [1.807, 2.05) is 0 Å². The third-order valence-electron chi connectivity index (χ3n) is 3.29. The van der Waals surface area contributed by atoms with Crippen LogP contribution in [-0.2, 0) is 14.3 Å². The summed E-state index contributed by atoms with van der Waals surface area (Å²) in [7, 11) is 1.45. The second-order valence-electron chi connectivity index (χ2n) is 4.06.